The van der Waals surface area contributed by atoms with Crippen LogP contribution in [0.5, 0.6) is 0 Å². The molecule has 0 aromatic rings. The Balaban J connectivity index is 3.74. The van der Waals surface area contributed by atoms with Crippen molar-refractivity contribution < 1.29 is 37.4 Å². The van der Waals surface area contributed by atoms with E-state index >= 15 is 0 Å². The van der Waals surface area contributed by atoms with E-state index in [2.05, 4.69) is 0 Å². The Hall–Kier alpha value is -1.47. The minimum absolute atomic E-state index is 0.0713. The highest BCUT2D eigenvalue weighted by Gasteiger charge is 2.49. The van der Waals surface area contributed by atoms with Gasteiger partial charge in [-0.25, -0.2) is 9.59 Å². The number of carbonyl (C=O) groups excluding carboxylic acids is 2. The van der Waals surface area contributed by atoms with Gasteiger partial charge in [0.15, 0.2) is 0 Å². The second-order valence-corrected chi connectivity index (χ2v) is 8.04. The fourth-order valence-corrected chi connectivity index (χ4v) is 4.98. The second kappa shape index (κ2) is 8.95. The third-order valence-corrected chi connectivity index (χ3v) is 6.09. The number of ether oxygens (including phenoxy) is 3. The van der Waals surface area contributed by atoms with E-state index in [0.29, 0.717) is 0 Å². The molecule has 1 unspecified atom stereocenters. The van der Waals surface area contributed by atoms with Crippen LogP contribution in [0, 0.1) is 5.41 Å². The van der Waals surface area contributed by atoms with Crippen molar-refractivity contribution in [3.8, 4) is 0 Å². The summed E-state index contributed by atoms with van der Waals surface area (Å²) in [5.74, 6) is -1.48. The van der Waals surface area contributed by atoms with Crippen molar-refractivity contribution in [3.63, 3.8) is 0 Å². The highest BCUT2D eigenvalue weighted by Crippen LogP contribution is 2.61. The van der Waals surface area contributed by atoms with Gasteiger partial charge < -0.3 is 23.3 Å². The molecule has 0 radical (unpaired) electrons. The number of methoxy groups -OCH3 is 3. The van der Waals surface area contributed by atoms with E-state index in [-0.39, 0.29) is 29.7 Å². The van der Waals surface area contributed by atoms with Gasteiger partial charge in [0.05, 0.1) is 43.9 Å². The van der Waals surface area contributed by atoms with Gasteiger partial charge in [-0.3, -0.25) is 4.57 Å². The van der Waals surface area contributed by atoms with E-state index in [1.165, 1.54) is 21.3 Å². The average Bonchev–Trinajstić information content (AvgIpc) is 2.59. The summed E-state index contributed by atoms with van der Waals surface area (Å²) in [5, 5.41) is 0.154. The normalized spacial score (nSPS) is 19.8. The zero-order valence-electron chi connectivity index (χ0n) is 16.3. The summed E-state index contributed by atoms with van der Waals surface area (Å²) >= 11 is 0. The molecule has 0 saturated carbocycles. The van der Waals surface area contributed by atoms with Crippen LogP contribution in [-0.4, -0.2) is 52.6 Å². The molecule has 0 bridgehead atoms. The third kappa shape index (κ3) is 4.26. The smallest absolute Gasteiger partial charge is 0.360 e. The van der Waals surface area contributed by atoms with Gasteiger partial charge >= 0.3 is 19.5 Å². The highest BCUT2D eigenvalue weighted by atomic mass is 31.2. The topological polar surface area (TPSA) is 97.4 Å². The highest BCUT2D eigenvalue weighted by molar-refractivity contribution is 7.58. The first-order valence-electron chi connectivity index (χ1n) is 8.19. The lowest BCUT2D eigenvalue weighted by atomic mass is 9.75. The van der Waals surface area contributed by atoms with Crippen molar-refractivity contribution in [3.05, 3.63) is 22.5 Å². The van der Waals surface area contributed by atoms with Crippen LogP contribution in [0.15, 0.2) is 22.5 Å². The van der Waals surface area contributed by atoms with Gasteiger partial charge in [0.25, 0.3) is 0 Å². The minimum atomic E-state index is -3.76. The number of esters is 2. The molecular formula is C17H27O8P. The number of hydrogen-bond acceptors (Lipinski definition) is 8. The van der Waals surface area contributed by atoms with E-state index < -0.39 is 31.1 Å². The van der Waals surface area contributed by atoms with Crippen LogP contribution in [0.2, 0.25) is 0 Å². The lowest BCUT2D eigenvalue weighted by Crippen LogP contribution is -2.37. The second-order valence-electron chi connectivity index (χ2n) is 6.01. The summed E-state index contributed by atoms with van der Waals surface area (Å²) in [4.78, 5) is 24.9. The lowest BCUT2D eigenvalue weighted by Gasteiger charge is -2.36. The molecule has 26 heavy (non-hydrogen) atoms. The maximum atomic E-state index is 13.3. The molecule has 0 aliphatic heterocycles. The summed E-state index contributed by atoms with van der Waals surface area (Å²) in [5.41, 5.74) is -1.00. The number of rotatable bonds is 8. The summed E-state index contributed by atoms with van der Waals surface area (Å²) in [6, 6.07) is 0. The van der Waals surface area contributed by atoms with Crippen LogP contribution < -0.4 is 0 Å². The molecular weight excluding hydrogens is 363 g/mol. The maximum Gasteiger partial charge on any atom is 0.360 e. The molecule has 1 atom stereocenters. The summed E-state index contributed by atoms with van der Waals surface area (Å²) in [7, 11) is -0.0257. The first-order chi connectivity index (χ1) is 12.1. The fourth-order valence-electron chi connectivity index (χ4n) is 2.93. The lowest BCUT2D eigenvalue weighted by molar-refractivity contribution is -0.141. The largest absolute Gasteiger partial charge is 0.466 e. The molecule has 0 spiro atoms. The van der Waals surface area contributed by atoms with Crippen LogP contribution >= 0.6 is 7.60 Å². The zero-order chi connectivity index (χ0) is 20.1. The molecule has 148 valence electrons. The van der Waals surface area contributed by atoms with Gasteiger partial charge in [-0.05, 0) is 13.8 Å². The van der Waals surface area contributed by atoms with Crippen molar-refractivity contribution in [1.82, 2.24) is 0 Å². The van der Waals surface area contributed by atoms with E-state index in [0.717, 1.165) is 0 Å². The Labute approximate surface area is 154 Å². The Morgan fingerprint density at radius 2 is 1.54 bits per heavy atom. The first-order valence-corrected chi connectivity index (χ1v) is 9.74. The minimum Gasteiger partial charge on any atom is -0.466 e. The van der Waals surface area contributed by atoms with Crippen LogP contribution in [0.4, 0.5) is 0 Å². The third-order valence-electron chi connectivity index (χ3n) is 3.90. The zero-order valence-corrected chi connectivity index (χ0v) is 17.2. The van der Waals surface area contributed by atoms with Gasteiger partial charge in [0.1, 0.15) is 6.10 Å². The Kier molecular flexibility index (Phi) is 7.77. The van der Waals surface area contributed by atoms with Crippen molar-refractivity contribution >= 4 is 19.5 Å². The van der Waals surface area contributed by atoms with Crippen molar-refractivity contribution in [2.45, 2.75) is 33.8 Å². The number of carbonyl (C=O) groups is 2. The number of allylic oxidation sites excluding steroid dienone is 1. The van der Waals surface area contributed by atoms with E-state index in [9.17, 15) is 14.2 Å². The van der Waals surface area contributed by atoms with Crippen LogP contribution in [0.1, 0.15) is 27.7 Å². The predicted octanol–water partition coefficient (Wildman–Crippen LogP) is 2.83. The quantitative estimate of drug-likeness (QED) is 0.461. The molecule has 1 rings (SSSR count). The van der Waals surface area contributed by atoms with Crippen LogP contribution in [0.3, 0.4) is 0 Å². The molecule has 9 heteroatoms. The Bertz CT molecular complexity index is 652. The van der Waals surface area contributed by atoms with E-state index in [1.807, 2.05) is 0 Å². The van der Waals surface area contributed by atoms with Crippen molar-refractivity contribution in [2.24, 2.45) is 5.41 Å². The monoisotopic (exact) mass is 390 g/mol. The fraction of sp³-hybridized carbons (Fsp3) is 0.647. The molecule has 1 aliphatic rings. The van der Waals surface area contributed by atoms with Gasteiger partial charge in [0.2, 0.25) is 0 Å². The van der Waals surface area contributed by atoms with Gasteiger partial charge in [-0.1, -0.05) is 19.9 Å². The molecule has 0 saturated heterocycles. The SMILES string of the molecule is CCOP(=O)(OCC)C1=CC(C)(C)C(C(=O)OC)=C(C(=O)OC)C1OC. The van der Waals surface area contributed by atoms with Gasteiger partial charge in [-0.2, -0.15) is 0 Å². The van der Waals surface area contributed by atoms with E-state index in [1.54, 1.807) is 33.8 Å². The number of hydrogen-bond donors (Lipinski definition) is 0. The molecule has 0 aromatic heterocycles. The Morgan fingerprint density at radius 1 is 1.04 bits per heavy atom. The van der Waals surface area contributed by atoms with Crippen LogP contribution in [0.25, 0.3) is 0 Å². The van der Waals surface area contributed by atoms with Crippen molar-refractivity contribution in [1.29, 1.82) is 0 Å². The average molecular weight is 390 g/mol. The van der Waals surface area contributed by atoms with Crippen molar-refractivity contribution in [2.75, 3.05) is 34.5 Å². The molecule has 0 heterocycles. The maximum absolute atomic E-state index is 13.3. The van der Waals surface area contributed by atoms with Crippen LogP contribution in [-0.2, 0) is 37.4 Å². The molecule has 1 aliphatic carbocycles. The standard InChI is InChI=1S/C17H27O8P/c1-8-24-26(20,25-9-2)11-10-17(3,4)13(16(19)23-7)12(14(11)21-5)15(18)22-6/h10,14H,8-9H2,1-7H3. The predicted molar refractivity (Wildman–Crippen MR) is 94.6 cm³/mol. The molecule has 0 fully saturated rings. The summed E-state index contributed by atoms with van der Waals surface area (Å²) < 4.78 is 39.3. The molecule has 0 N–H and O–H groups in total. The first kappa shape index (κ1) is 22.6. The van der Waals surface area contributed by atoms with Gasteiger partial charge in [0, 0.05) is 12.5 Å². The molecule has 8 nitrogen and oxygen atoms in total. The summed E-state index contributed by atoms with van der Waals surface area (Å²) in [6.45, 7) is 7.00. The van der Waals surface area contributed by atoms with Gasteiger partial charge in [-0.15, -0.1) is 0 Å². The van der Waals surface area contributed by atoms with E-state index in [4.69, 9.17) is 23.3 Å². The Morgan fingerprint density at radius 3 is 1.92 bits per heavy atom. The summed E-state index contributed by atoms with van der Waals surface area (Å²) in [6.07, 6.45) is 0.444. The molecule has 0 amide bonds. The molecule has 0 aromatic carbocycles.